The maximum atomic E-state index is 11.7. The zero-order valence-corrected chi connectivity index (χ0v) is 14.9. The van der Waals surface area contributed by atoms with E-state index in [1.807, 2.05) is 25.1 Å². The van der Waals surface area contributed by atoms with Gasteiger partial charge in [-0.3, -0.25) is 0 Å². The minimum Gasteiger partial charge on any atom is -0.478 e. The molecule has 0 amide bonds. The van der Waals surface area contributed by atoms with E-state index in [-0.39, 0.29) is 0 Å². The number of nitrogens with one attached hydrogen (secondary N) is 1. The Morgan fingerprint density at radius 2 is 2.08 bits per heavy atom. The standard InChI is InChI=1S/C18H19ClN2O2S/c1-10-5-6-12(18(22)23)15-11(4-2-3-9-20)17(21-16(10)15)13-7-8-14(19)24-13/h5-8,21H,2-4,9,20H2,1H3,(H,22,23). The van der Waals surface area contributed by atoms with E-state index in [9.17, 15) is 9.90 Å². The van der Waals surface area contributed by atoms with Crippen LogP contribution in [0.25, 0.3) is 21.5 Å². The highest BCUT2D eigenvalue weighted by molar-refractivity contribution is 7.19. The third-order valence-electron chi connectivity index (χ3n) is 4.20. The minimum atomic E-state index is -0.908. The van der Waals surface area contributed by atoms with E-state index in [1.165, 1.54) is 11.3 Å². The van der Waals surface area contributed by atoms with E-state index >= 15 is 0 Å². The first kappa shape index (κ1) is 17.0. The van der Waals surface area contributed by atoms with E-state index in [2.05, 4.69) is 4.98 Å². The quantitative estimate of drug-likeness (QED) is 0.549. The summed E-state index contributed by atoms with van der Waals surface area (Å²) in [6.07, 6.45) is 2.61. The van der Waals surface area contributed by atoms with Crippen LogP contribution in [-0.2, 0) is 6.42 Å². The minimum absolute atomic E-state index is 0.337. The van der Waals surface area contributed by atoms with Gasteiger partial charge >= 0.3 is 5.97 Å². The van der Waals surface area contributed by atoms with Gasteiger partial charge in [0.2, 0.25) is 0 Å². The number of carboxylic acids is 1. The first-order valence-electron chi connectivity index (χ1n) is 7.86. The van der Waals surface area contributed by atoms with Crippen LogP contribution in [0.15, 0.2) is 24.3 Å². The molecule has 24 heavy (non-hydrogen) atoms. The van der Waals surface area contributed by atoms with E-state index in [0.29, 0.717) is 16.4 Å². The number of carboxylic acid groups (broad SMARTS) is 1. The van der Waals surface area contributed by atoms with Crippen molar-refractivity contribution in [1.29, 1.82) is 0 Å². The van der Waals surface area contributed by atoms with Crippen molar-refractivity contribution in [3.8, 4) is 10.6 Å². The molecular formula is C18H19ClN2O2S. The predicted molar refractivity (Wildman–Crippen MR) is 100 cm³/mol. The Bertz CT molecular complexity index is 898. The molecule has 0 aliphatic carbocycles. The van der Waals surface area contributed by atoms with Gasteiger partial charge in [-0.2, -0.15) is 0 Å². The van der Waals surface area contributed by atoms with Crippen molar-refractivity contribution in [1.82, 2.24) is 4.98 Å². The maximum absolute atomic E-state index is 11.7. The number of benzene rings is 1. The van der Waals surface area contributed by atoms with Gasteiger partial charge in [0.1, 0.15) is 0 Å². The van der Waals surface area contributed by atoms with Crippen molar-refractivity contribution in [2.24, 2.45) is 5.73 Å². The number of carbonyl (C=O) groups is 1. The van der Waals surface area contributed by atoms with Gasteiger partial charge in [-0.15, -0.1) is 11.3 Å². The zero-order chi connectivity index (χ0) is 17.3. The molecule has 4 N–H and O–H groups in total. The van der Waals surface area contributed by atoms with Gasteiger partial charge in [0.15, 0.2) is 0 Å². The normalized spacial score (nSPS) is 11.3. The Morgan fingerprint density at radius 3 is 2.71 bits per heavy atom. The van der Waals surface area contributed by atoms with Gasteiger partial charge in [-0.1, -0.05) is 17.7 Å². The molecule has 1 aromatic carbocycles. The molecule has 0 spiro atoms. The van der Waals surface area contributed by atoms with Crippen LogP contribution >= 0.6 is 22.9 Å². The van der Waals surface area contributed by atoms with Crippen molar-refractivity contribution in [3.63, 3.8) is 0 Å². The molecule has 0 aliphatic rings. The van der Waals surface area contributed by atoms with E-state index in [1.54, 1.807) is 6.07 Å². The molecule has 2 aromatic heterocycles. The van der Waals surface area contributed by atoms with Crippen LogP contribution in [0.3, 0.4) is 0 Å². The second kappa shape index (κ2) is 6.97. The number of hydrogen-bond acceptors (Lipinski definition) is 3. The van der Waals surface area contributed by atoms with Gasteiger partial charge in [0.25, 0.3) is 0 Å². The molecule has 0 saturated carbocycles. The summed E-state index contributed by atoms with van der Waals surface area (Å²) in [5.41, 5.74) is 9.88. The average Bonchev–Trinajstić information content (AvgIpc) is 3.12. The smallest absolute Gasteiger partial charge is 0.336 e. The monoisotopic (exact) mass is 362 g/mol. The lowest BCUT2D eigenvalue weighted by Crippen LogP contribution is -2.01. The van der Waals surface area contributed by atoms with E-state index in [4.69, 9.17) is 17.3 Å². The summed E-state index contributed by atoms with van der Waals surface area (Å²) >= 11 is 7.59. The summed E-state index contributed by atoms with van der Waals surface area (Å²) in [6, 6.07) is 7.37. The molecular weight excluding hydrogens is 344 g/mol. The lowest BCUT2D eigenvalue weighted by atomic mass is 9.98. The number of thiophene rings is 1. The van der Waals surface area contributed by atoms with Crippen LogP contribution in [0.1, 0.15) is 34.3 Å². The van der Waals surface area contributed by atoms with Crippen molar-refractivity contribution in [3.05, 3.63) is 45.3 Å². The van der Waals surface area contributed by atoms with Gasteiger partial charge < -0.3 is 15.8 Å². The SMILES string of the molecule is Cc1ccc(C(=O)O)c2c(CCCCN)c(-c3ccc(Cl)s3)[nH]c12. The van der Waals surface area contributed by atoms with Gasteiger partial charge in [0.05, 0.1) is 20.5 Å². The molecule has 6 heteroatoms. The van der Waals surface area contributed by atoms with Crippen LogP contribution in [0.2, 0.25) is 4.34 Å². The summed E-state index contributed by atoms with van der Waals surface area (Å²) in [5, 5.41) is 10.4. The third-order valence-corrected chi connectivity index (χ3v) is 5.45. The highest BCUT2D eigenvalue weighted by Gasteiger charge is 2.20. The van der Waals surface area contributed by atoms with Crippen LogP contribution < -0.4 is 5.73 Å². The molecule has 0 fully saturated rings. The molecule has 0 bridgehead atoms. The van der Waals surface area contributed by atoms with Crippen LogP contribution in [-0.4, -0.2) is 22.6 Å². The summed E-state index contributed by atoms with van der Waals surface area (Å²) in [4.78, 5) is 16.2. The van der Waals surface area contributed by atoms with E-state index < -0.39 is 5.97 Å². The molecule has 3 aromatic rings. The Labute approximate surface area is 149 Å². The Morgan fingerprint density at radius 1 is 1.29 bits per heavy atom. The number of rotatable bonds is 6. The highest BCUT2D eigenvalue weighted by atomic mass is 35.5. The molecule has 0 saturated heterocycles. The molecule has 2 heterocycles. The van der Waals surface area contributed by atoms with Crippen LogP contribution in [0, 0.1) is 6.92 Å². The first-order chi connectivity index (χ1) is 11.5. The lowest BCUT2D eigenvalue weighted by molar-refractivity contribution is 0.0699. The Kier molecular flexibility index (Phi) is 4.94. The van der Waals surface area contributed by atoms with Crippen molar-refractivity contribution in [2.45, 2.75) is 26.2 Å². The molecule has 0 atom stereocenters. The lowest BCUT2D eigenvalue weighted by Gasteiger charge is -2.06. The topological polar surface area (TPSA) is 79.1 Å². The van der Waals surface area contributed by atoms with Crippen molar-refractivity contribution < 1.29 is 9.90 Å². The number of unbranched alkanes of at least 4 members (excludes halogenated alkanes) is 1. The number of aromatic nitrogens is 1. The van der Waals surface area contributed by atoms with Crippen LogP contribution in [0.5, 0.6) is 0 Å². The number of fused-ring (bicyclic) bond motifs is 1. The molecule has 0 aliphatic heterocycles. The Hall–Kier alpha value is -1.82. The number of aryl methyl sites for hydroxylation is 2. The average molecular weight is 363 g/mol. The summed E-state index contributed by atoms with van der Waals surface area (Å²) in [6.45, 7) is 2.62. The Balaban J connectivity index is 2.26. The molecule has 4 nitrogen and oxygen atoms in total. The largest absolute Gasteiger partial charge is 0.478 e. The molecule has 126 valence electrons. The van der Waals surface area contributed by atoms with Gasteiger partial charge in [0, 0.05) is 10.9 Å². The highest BCUT2D eigenvalue weighted by Crippen LogP contribution is 2.39. The zero-order valence-electron chi connectivity index (χ0n) is 13.4. The first-order valence-corrected chi connectivity index (χ1v) is 9.05. The molecule has 3 rings (SSSR count). The van der Waals surface area contributed by atoms with Crippen molar-refractivity contribution >= 4 is 39.8 Å². The number of aromatic amines is 1. The third kappa shape index (κ3) is 3.07. The number of hydrogen-bond donors (Lipinski definition) is 3. The fourth-order valence-electron chi connectivity index (χ4n) is 3.04. The number of H-pyrrole nitrogens is 1. The molecule has 0 radical (unpaired) electrons. The summed E-state index contributed by atoms with van der Waals surface area (Å²) in [7, 11) is 0. The van der Waals surface area contributed by atoms with Crippen molar-refractivity contribution in [2.75, 3.05) is 6.54 Å². The number of nitrogens with two attached hydrogens (primary N) is 1. The number of aromatic carboxylic acids is 1. The fraction of sp³-hybridized carbons (Fsp3) is 0.278. The second-order valence-corrected chi connectivity index (χ2v) is 7.53. The number of halogens is 1. The second-order valence-electron chi connectivity index (χ2n) is 5.81. The summed E-state index contributed by atoms with van der Waals surface area (Å²) < 4.78 is 0.715. The molecule has 0 unspecified atom stereocenters. The van der Waals surface area contributed by atoms with E-state index in [0.717, 1.165) is 51.9 Å². The van der Waals surface area contributed by atoms with Crippen LogP contribution in [0.4, 0.5) is 0 Å². The predicted octanol–water partition coefficient (Wildman–Crippen LogP) is 4.84. The maximum Gasteiger partial charge on any atom is 0.336 e. The van der Waals surface area contributed by atoms with Gasteiger partial charge in [-0.25, -0.2) is 4.79 Å². The fourth-order valence-corrected chi connectivity index (χ4v) is 4.11. The summed E-state index contributed by atoms with van der Waals surface area (Å²) in [5.74, 6) is -0.908. The van der Waals surface area contributed by atoms with Gasteiger partial charge in [-0.05, 0) is 62.1 Å².